The van der Waals surface area contributed by atoms with E-state index in [4.69, 9.17) is 4.74 Å². The highest BCUT2D eigenvalue weighted by atomic mass is 79.9. The highest BCUT2D eigenvalue weighted by Crippen LogP contribution is 2.46. The molecule has 2 heterocycles. The van der Waals surface area contributed by atoms with Gasteiger partial charge in [0.1, 0.15) is 5.60 Å². The Morgan fingerprint density at radius 3 is 1.79 bits per heavy atom. The lowest BCUT2D eigenvalue weighted by Crippen LogP contribution is -2.68. The fourth-order valence-electron chi connectivity index (χ4n) is 7.46. The zero-order valence-corrected chi connectivity index (χ0v) is 29.3. The summed E-state index contributed by atoms with van der Waals surface area (Å²) >= 11 is 3.61. The van der Waals surface area contributed by atoms with Crippen molar-refractivity contribution in [3.63, 3.8) is 0 Å². The molecule has 2 aliphatic heterocycles. The number of nitrogens with zero attached hydrogens (tertiary/aromatic N) is 2. The number of fused-ring (bicyclic) bond motifs is 1. The van der Waals surface area contributed by atoms with E-state index in [0.29, 0.717) is 24.6 Å². The van der Waals surface area contributed by atoms with Crippen molar-refractivity contribution in [3.05, 3.63) is 184 Å². The van der Waals surface area contributed by atoms with Crippen LogP contribution in [0.3, 0.4) is 0 Å². The molecule has 5 aromatic carbocycles. The standard InChI is InChI=1S/C41H39BrN2O3S/c1-31-15-11-12-22-39(31)48(45,46)43-27-13-14-28-44-37(29-43)40(32-23-25-36(42)26-24-32)38(44)30-47-41(33-16-5-2-6-17-33,34-18-7-3-8-19-34)35-20-9-4-10-21-35/h2-26,37-38,40H,27-30H2,1H3/b14-13-/t37-,38+,40-/m0/s1. The van der Waals surface area contributed by atoms with E-state index in [2.05, 4.69) is 124 Å². The Balaban J connectivity index is 1.28. The SMILES string of the molecule is Cc1ccccc1S(=O)(=O)N1C/C=C\CN2[C@H](COC(c3ccccc3)(c3ccccc3)c3ccccc3)[C@@H](c3ccc(Br)cc3)[C@@H]2C1. The fourth-order valence-corrected chi connectivity index (χ4v) is 9.36. The fraction of sp³-hybridized carbons (Fsp3) is 0.220. The monoisotopic (exact) mass is 718 g/mol. The summed E-state index contributed by atoms with van der Waals surface area (Å²) in [4.78, 5) is 2.79. The number of ether oxygens (including phenoxy) is 1. The second-order valence-corrected chi connectivity index (χ2v) is 15.4. The van der Waals surface area contributed by atoms with Crippen molar-refractivity contribution in [2.24, 2.45) is 0 Å². The third kappa shape index (κ3) is 6.10. The first-order valence-electron chi connectivity index (χ1n) is 16.4. The van der Waals surface area contributed by atoms with Crippen LogP contribution in [0.2, 0.25) is 0 Å². The zero-order valence-electron chi connectivity index (χ0n) is 26.9. The molecule has 0 amide bonds. The van der Waals surface area contributed by atoms with Crippen molar-refractivity contribution in [3.8, 4) is 0 Å². The first-order chi connectivity index (χ1) is 23.4. The predicted molar refractivity (Wildman–Crippen MR) is 195 cm³/mol. The van der Waals surface area contributed by atoms with Gasteiger partial charge in [-0.2, -0.15) is 4.31 Å². The van der Waals surface area contributed by atoms with Crippen LogP contribution in [0.4, 0.5) is 0 Å². The van der Waals surface area contributed by atoms with Crippen LogP contribution in [0.15, 0.2) is 161 Å². The molecule has 0 bridgehead atoms. The Hall–Kier alpha value is -3.85. The maximum absolute atomic E-state index is 14.1. The molecular formula is C41H39BrN2O3S. The first kappa shape index (κ1) is 32.7. The lowest BCUT2D eigenvalue weighted by atomic mass is 9.74. The molecule has 48 heavy (non-hydrogen) atoms. The summed E-state index contributed by atoms with van der Waals surface area (Å²) in [5.74, 6) is 0.0548. The molecule has 0 aromatic heterocycles. The minimum Gasteiger partial charge on any atom is -0.359 e. The molecule has 0 aliphatic carbocycles. The van der Waals surface area contributed by atoms with Gasteiger partial charge in [-0.3, -0.25) is 4.90 Å². The van der Waals surface area contributed by atoms with Gasteiger partial charge in [0.25, 0.3) is 0 Å². The maximum Gasteiger partial charge on any atom is 0.243 e. The zero-order chi connectivity index (χ0) is 33.1. The summed E-state index contributed by atoms with van der Waals surface area (Å²) in [7, 11) is -3.71. The number of sulfonamides is 1. The smallest absolute Gasteiger partial charge is 0.243 e. The normalized spacial score (nSPS) is 21.0. The quantitative estimate of drug-likeness (QED) is 0.114. The van der Waals surface area contributed by atoms with Gasteiger partial charge in [0.15, 0.2) is 0 Å². The molecular weight excluding hydrogens is 680 g/mol. The van der Waals surface area contributed by atoms with Crippen molar-refractivity contribution < 1.29 is 13.2 Å². The molecule has 2 aliphatic rings. The molecule has 1 fully saturated rings. The highest BCUT2D eigenvalue weighted by molar-refractivity contribution is 9.10. The van der Waals surface area contributed by atoms with E-state index in [1.807, 2.05) is 43.3 Å². The summed E-state index contributed by atoms with van der Waals surface area (Å²) in [6.45, 7) is 3.75. The molecule has 0 saturated carbocycles. The molecule has 5 aromatic rings. The van der Waals surface area contributed by atoms with Crippen LogP contribution in [0, 0.1) is 6.92 Å². The lowest BCUT2D eigenvalue weighted by Gasteiger charge is -2.57. The van der Waals surface area contributed by atoms with Crippen molar-refractivity contribution in [2.45, 2.75) is 35.4 Å². The Labute approximate surface area is 292 Å². The van der Waals surface area contributed by atoms with Crippen LogP contribution in [-0.4, -0.2) is 55.9 Å². The van der Waals surface area contributed by atoms with Crippen molar-refractivity contribution in [1.82, 2.24) is 9.21 Å². The maximum atomic E-state index is 14.1. The Morgan fingerprint density at radius 1 is 0.708 bits per heavy atom. The van der Waals surface area contributed by atoms with E-state index in [9.17, 15) is 8.42 Å². The van der Waals surface area contributed by atoms with E-state index in [1.165, 1.54) is 5.56 Å². The van der Waals surface area contributed by atoms with Crippen molar-refractivity contribution in [1.29, 1.82) is 0 Å². The topological polar surface area (TPSA) is 49.9 Å². The first-order valence-corrected chi connectivity index (χ1v) is 18.7. The molecule has 7 rings (SSSR count). The Morgan fingerprint density at radius 2 is 1.23 bits per heavy atom. The number of halogens is 1. The average Bonchev–Trinajstić information content (AvgIpc) is 3.11. The molecule has 244 valence electrons. The van der Waals surface area contributed by atoms with Gasteiger partial charge in [-0.15, -0.1) is 0 Å². The number of benzene rings is 5. The highest BCUT2D eigenvalue weighted by Gasteiger charge is 2.51. The van der Waals surface area contributed by atoms with Gasteiger partial charge in [0, 0.05) is 42.1 Å². The van der Waals surface area contributed by atoms with Crippen molar-refractivity contribution >= 4 is 26.0 Å². The Bertz CT molecular complexity index is 1870. The number of hydrogen-bond donors (Lipinski definition) is 0. The third-order valence-corrected chi connectivity index (χ3v) is 12.4. The van der Waals surface area contributed by atoms with Gasteiger partial charge in [-0.05, 0) is 52.9 Å². The van der Waals surface area contributed by atoms with Crippen molar-refractivity contribution in [2.75, 3.05) is 26.2 Å². The van der Waals surface area contributed by atoms with Crippen LogP contribution in [0.25, 0.3) is 0 Å². The summed E-state index contributed by atoms with van der Waals surface area (Å²) < 4.78 is 38.2. The van der Waals surface area contributed by atoms with Gasteiger partial charge >= 0.3 is 0 Å². The minimum absolute atomic E-state index is 0.0115. The number of hydrogen-bond acceptors (Lipinski definition) is 4. The summed E-state index contributed by atoms with van der Waals surface area (Å²) in [5, 5.41) is 0. The van der Waals surface area contributed by atoms with E-state index < -0.39 is 15.6 Å². The molecule has 0 unspecified atom stereocenters. The summed E-state index contributed by atoms with van der Waals surface area (Å²) in [5.41, 5.74) is 4.25. The molecule has 5 nitrogen and oxygen atoms in total. The van der Waals surface area contributed by atoms with Crippen LogP contribution >= 0.6 is 15.9 Å². The average molecular weight is 720 g/mol. The van der Waals surface area contributed by atoms with Gasteiger partial charge in [0.2, 0.25) is 10.0 Å². The van der Waals surface area contributed by atoms with Gasteiger partial charge in [0.05, 0.1) is 11.5 Å². The molecule has 0 radical (unpaired) electrons. The van der Waals surface area contributed by atoms with Crippen LogP contribution in [0.5, 0.6) is 0 Å². The second-order valence-electron chi connectivity index (χ2n) is 12.6. The summed E-state index contributed by atoms with van der Waals surface area (Å²) in [6.07, 6.45) is 4.09. The van der Waals surface area contributed by atoms with Gasteiger partial charge in [-0.1, -0.05) is 149 Å². The van der Waals surface area contributed by atoms with Crippen LogP contribution < -0.4 is 0 Å². The third-order valence-electron chi connectivity index (χ3n) is 9.84. The molecule has 3 atom stereocenters. The van der Waals surface area contributed by atoms with E-state index in [1.54, 1.807) is 16.4 Å². The largest absolute Gasteiger partial charge is 0.359 e. The Kier molecular flexibility index (Phi) is 9.49. The molecule has 7 heteroatoms. The van der Waals surface area contributed by atoms with E-state index in [-0.39, 0.29) is 18.0 Å². The molecule has 0 spiro atoms. The molecule has 0 N–H and O–H groups in total. The van der Waals surface area contributed by atoms with Crippen LogP contribution in [-0.2, 0) is 20.4 Å². The number of rotatable bonds is 9. The second kappa shape index (κ2) is 13.9. The van der Waals surface area contributed by atoms with Crippen LogP contribution in [0.1, 0.15) is 33.7 Å². The lowest BCUT2D eigenvalue weighted by molar-refractivity contribution is -0.0921. The van der Waals surface area contributed by atoms with E-state index >= 15 is 0 Å². The summed E-state index contributed by atoms with van der Waals surface area (Å²) in [6, 6.07) is 47.0. The predicted octanol–water partition coefficient (Wildman–Crippen LogP) is 8.16. The minimum atomic E-state index is -3.71. The van der Waals surface area contributed by atoms with Gasteiger partial charge in [-0.25, -0.2) is 8.42 Å². The van der Waals surface area contributed by atoms with E-state index in [0.717, 1.165) is 33.3 Å². The molecule has 1 saturated heterocycles. The number of aryl methyl sites for hydroxylation is 1. The van der Waals surface area contributed by atoms with Gasteiger partial charge < -0.3 is 4.74 Å².